The molecule has 4 heteroatoms. The van der Waals surface area contributed by atoms with Gasteiger partial charge in [-0.15, -0.1) is 0 Å². The van der Waals surface area contributed by atoms with Crippen LogP contribution in [0.1, 0.15) is 19.2 Å². The first-order chi connectivity index (χ1) is 6.29. The Bertz CT molecular complexity index is 418. The van der Waals surface area contributed by atoms with E-state index in [1.807, 2.05) is 18.3 Å². The lowest BCUT2D eigenvalue weighted by Gasteiger charge is -1.91. The van der Waals surface area contributed by atoms with Crippen molar-refractivity contribution in [1.29, 1.82) is 0 Å². The lowest BCUT2D eigenvalue weighted by molar-refractivity contribution is 0.819. The van der Waals surface area contributed by atoms with E-state index in [1.165, 1.54) is 0 Å². The van der Waals surface area contributed by atoms with Crippen LogP contribution >= 0.6 is 0 Å². The normalized spacial score (nSPS) is 10.8. The van der Waals surface area contributed by atoms with Gasteiger partial charge >= 0.3 is 0 Å². The Morgan fingerprint density at radius 1 is 1.54 bits per heavy atom. The van der Waals surface area contributed by atoms with Crippen LogP contribution in [-0.4, -0.2) is 14.6 Å². The smallest absolute Gasteiger partial charge is 0.157 e. The van der Waals surface area contributed by atoms with Crippen LogP contribution in [0.15, 0.2) is 18.3 Å². The van der Waals surface area contributed by atoms with Crippen LogP contribution in [0.3, 0.4) is 0 Å². The second-order valence-corrected chi connectivity index (χ2v) is 3.04. The molecule has 13 heavy (non-hydrogen) atoms. The van der Waals surface area contributed by atoms with Crippen LogP contribution < -0.4 is 5.73 Å². The summed E-state index contributed by atoms with van der Waals surface area (Å²) in [6, 6.07) is 3.64. The van der Waals surface area contributed by atoms with Crippen molar-refractivity contribution in [3.8, 4) is 0 Å². The largest absolute Gasteiger partial charge is 0.399 e. The maximum atomic E-state index is 5.63. The molecule has 0 amide bonds. The van der Waals surface area contributed by atoms with Crippen molar-refractivity contribution >= 4 is 11.3 Å². The highest BCUT2D eigenvalue weighted by Crippen LogP contribution is 2.07. The Kier molecular flexibility index (Phi) is 1.88. The summed E-state index contributed by atoms with van der Waals surface area (Å²) < 4.78 is 1.75. The third-order valence-electron chi connectivity index (χ3n) is 1.88. The topological polar surface area (TPSA) is 56.2 Å². The molecule has 2 rings (SSSR count). The zero-order valence-electron chi connectivity index (χ0n) is 7.57. The molecule has 0 fully saturated rings. The first kappa shape index (κ1) is 8.04. The Morgan fingerprint density at radius 3 is 3.15 bits per heavy atom. The molecule has 0 bridgehead atoms. The highest BCUT2D eigenvalue weighted by atomic mass is 15.3. The van der Waals surface area contributed by atoms with Gasteiger partial charge in [-0.1, -0.05) is 6.92 Å². The molecule has 0 atom stereocenters. The van der Waals surface area contributed by atoms with Crippen molar-refractivity contribution in [2.75, 3.05) is 5.73 Å². The van der Waals surface area contributed by atoms with Gasteiger partial charge in [0.25, 0.3) is 0 Å². The van der Waals surface area contributed by atoms with Gasteiger partial charge in [0, 0.05) is 24.4 Å². The number of rotatable bonds is 2. The van der Waals surface area contributed by atoms with Crippen molar-refractivity contribution in [2.24, 2.45) is 0 Å². The molecule has 68 valence electrons. The van der Waals surface area contributed by atoms with E-state index in [0.717, 1.165) is 30.0 Å². The Balaban J connectivity index is 2.49. The first-order valence-corrected chi connectivity index (χ1v) is 4.40. The van der Waals surface area contributed by atoms with E-state index in [1.54, 1.807) is 4.52 Å². The third-order valence-corrected chi connectivity index (χ3v) is 1.88. The Hall–Kier alpha value is -1.58. The fourth-order valence-corrected chi connectivity index (χ4v) is 1.27. The van der Waals surface area contributed by atoms with Gasteiger partial charge in [-0.25, -0.2) is 9.50 Å². The predicted octanol–water partition coefficient (Wildman–Crippen LogP) is 1.26. The summed E-state index contributed by atoms with van der Waals surface area (Å²) in [6.45, 7) is 2.11. The summed E-state index contributed by atoms with van der Waals surface area (Å²) >= 11 is 0. The second kappa shape index (κ2) is 3.05. The van der Waals surface area contributed by atoms with E-state index < -0.39 is 0 Å². The monoisotopic (exact) mass is 176 g/mol. The quantitative estimate of drug-likeness (QED) is 0.749. The number of pyridine rings is 1. The van der Waals surface area contributed by atoms with E-state index in [4.69, 9.17) is 5.73 Å². The highest BCUT2D eigenvalue weighted by Gasteiger charge is 2.01. The molecular formula is C9H12N4. The molecular weight excluding hydrogens is 164 g/mol. The number of nitrogen functional groups attached to an aromatic ring is 1. The predicted molar refractivity (Wildman–Crippen MR) is 51.4 cm³/mol. The third kappa shape index (κ3) is 1.47. The molecule has 0 aliphatic carbocycles. The molecule has 0 aliphatic rings. The number of nitrogens with zero attached hydrogens (tertiary/aromatic N) is 3. The maximum absolute atomic E-state index is 5.63. The van der Waals surface area contributed by atoms with Crippen LogP contribution in [0.4, 0.5) is 5.69 Å². The number of aryl methyl sites for hydroxylation is 1. The zero-order valence-corrected chi connectivity index (χ0v) is 7.57. The summed E-state index contributed by atoms with van der Waals surface area (Å²) in [6.07, 6.45) is 3.81. The molecule has 2 N–H and O–H groups in total. The van der Waals surface area contributed by atoms with Crippen LogP contribution in [0, 0.1) is 0 Å². The van der Waals surface area contributed by atoms with Gasteiger partial charge in [0.05, 0.1) is 0 Å². The van der Waals surface area contributed by atoms with Crippen LogP contribution in [0.2, 0.25) is 0 Å². The minimum Gasteiger partial charge on any atom is -0.399 e. The zero-order chi connectivity index (χ0) is 9.26. The van der Waals surface area contributed by atoms with Crippen molar-refractivity contribution in [2.45, 2.75) is 19.8 Å². The number of nitrogens with two attached hydrogens (primary N) is 1. The fourth-order valence-electron chi connectivity index (χ4n) is 1.27. The highest BCUT2D eigenvalue weighted by molar-refractivity contribution is 5.50. The molecule has 0 saturated carbocycles. The average Bonchev–Trinajstić information content (AvgIpc) is 2.46. The van der Waals surface area contributed by atoms with E-state index >= 15 is 0 Å². The number of fused-ring (bicyclic) bond motifs is 1. The van der Waals surface area contributed by atoms with Gasteiger partial charge in [-0.3, -0.25) is 0 Å². The van der Waals surface area contributed by atoms with Gasteiger partial charge in [0.2, 0.25) is 0 Å². The summed E-state index contributed by atoms with van der Waals surface area (Å²) in [4.78, 5) is 4.34. The van der Waals surface area contributed by atoms with Gasteiger partial charge in [0.1, 0.15) is 0 Å². The fraction of sp³-hybridized carbons (Fsp3) is 0.333. The van der Waals surface area contributed by atoms with Crippen LogP contribution in [-0.2, 0) is 6.42 Å². The van der Waals surface area contributed by atoms with E-state index in [2.05, 4.69) is 17.0 Å². The second-order valence-electron chi connectivity index (χ2n) is 3.04. The van der Waals surface area contributed by atoms with E-state index in [-0.39, 0.29) is 0 Å². The standard InChI is InChI=1S/C9H12N4/c1-2-3-8-11-9-6-7(10)4-5-13(9)12-8/h4-6H,2-3,10H2,1H3. The summed E-state index contributed by atoms with van der Waals surface area (Å²) in [5.74, 6) is 0.883. The molecule has 0 spiro atoms. The van der Waals surface area contributed by atoms with Gasteiger partial charge in [-0.2, -0.15) is 5.10 Å². The maximum Gasteiger partial charge on any atom is 0.157 e. The lowest BCUT2D eigenvalue weighted by atomic mass is 10.3. The minimum absolute atomic E-state index is 0.725. The van der Waals surface area contributed by atoms with Crippen molar-refractivity contribution in [3.63, 3.8) is 0 Å². The number of hydrogen-bond acceptors (Lipinski definition) is 3. The van der Waals surface area contributed by atoms with Gasteiger partial charge < -0.3 is 5.73 Å². The molecule has 0 aromatic carbocycles. The number of hydrogen-bond donors (Lipinski definition) is 1. The van der Waals surface area contributed by atoms with Crippen molar-refractivity contribution in [3.05, 3.63) is 24.2 Å². The van der Waals surface area contributed by atoms with E-state index in [0.29, 0.717) is 0 Å². The summed E-state index contributed by atoms with van der Waals surface area (Å²) in [5, 5.41) is 4.29. The number of anilines is 1. The Labute approximate surface area is 76.4 Å². The Morgan fingerprint density at radius 2 is 2.38 bits per heavy atom. The van der Waals surface area contributed by atoms with Gasteiger partial charge in [0.15, 0.2) is 11.5 Å². The first-order valence-electron chi connectivity index (χ1n) is 4.40. The van der Waals surface area contributed by atoms with E-state index in [9.17, 15) is 0 Å². The molecule has 4 nitrogen and oxygen atoms in total. The van der Waals surface area contributed by atoms with Crippen LogP contribution in [0.5, 0.6) is 0 Å². The SMILES string of the molecule is CCCc1nc2cc(N)ccn2n1. The molecule has 2 aromatic rings. The molecule has 0 aliphatic heterocycles. The summed E-state index contributed by atoms with van der Waals surface area (Å²) in [7, 11) is 0. The van der Waals surface area contributed by atoms with Crippen molar-refractivity contribution in [1.82, 2.24) is 14.6 Å². The lowest BCUT2D eigenvalue weighted by Crippen LogP contribution is -1.90. The van der Waals surface area contributed by atoms with Crippen LogP contribution in [0.25, 0.3) is 5.65 Å². The summed E-state index contributed by atoms with van der Waals surface area (Å²) in [5.41, 5.74) is 7.17. The molecule has 2 heterocycles. The molecule has 0 radical (unpaired) electrons. The molecule has 2 aromatic heterocycles. The number of aromatic nitrogens is 3. The van der Waals surface area contributed by atoms with Crippen molar-refractivity contribution < 1.29 is 0 Å². The molecule has 0 saturated heterocycles. The molecule has 0 unspecified atom stereocenters. The minimum atomic E-state index is 0.725. The average molecular weight is 176 g/mol. The van der Waals surface area contributed by atoms with Gasteiger partial charge in [-0.05, 0) is 12.5 Å².